The maximum Gasteiger partial charge on any atom is 0.243 e. The van der Waals surface area contributed by atoms with Gasteiger partial charge in [-0.15, -0.1) is 0 Å². The molecule has 0 saturated carbocycles. The molecule has 34 heavy (non-hydrogen) atoms. The number of carbonyl (C=O) groups is 1. The van der Waals surface area contributed by atoms with Crippen LogP contribution < -0.4 is 5.32 Å². The number of hydrogen-bond acceptors (Lipinski definition) is 4. The Morgan fingerprint density at radius 1 is 0.971 bits per heavy atom. The fraction of sp³-hybridized carbons (Fsp3) is 0.500. The van der Waals surface area contributed by atoms with Gasteiger partial charge >= 0.3 is 0 Å². The molecule has 2 saturated heterocycles. The van der Waals surface area contributed by atoms with Crippen molar-refractivity contribution in [3.8, 4) is 0 Å². The Kier molecular flexibility index (Phi) is 8.01. The van der Waals surface area contributed by atoms with Crippen LogP contribution in [0.15, 0.2) is 53.4 Å². The zero-order valence-electron chi connectivity index (χ0n) is 19.5. The first-order chi connectivity index (χ1) is 16.4. The van der Waals surface area contributed by atoms with Crippen LogP contribution in [-0.2, 0) is 31.4 Å². The van der Waals surface area contributed by atoms with Crippen molar-refractivity contribution in [3.63, 3.8) is 0 Å². The minimum Gasteiger partial charge on any atom is -0.381 e. The van der Waals surface area contributed by atoms with Crippen LogP contribution in [0.1, 0.15) is 49.7 Å². The number of amides is 1. The second-order valence-electron chi connectivity index (χ2n) is 9.29. The standard InChI is InChI=1S/C26H33FN2O4S/c27-23-9-7-22(8-10-23)26(14-18-33-19-15-26)20-28-25(30)13-6-21-4-11-24(12-5-21)34(31,32)29-16-2-1-3-17-29/h4-5,7-12H,1-3,6,13-20H2,(H,28,30). The molecule has 2 aliphatic rings. The maximum absolute atomic E-state index is 13.4. The summed E-state index contributed by atoms with van der Waals surface area (Å²) in [4.78, 5) is 12.9. The quantitative estimate of drug-likeness (QED) is 0.613. The van der Waals surface area contributed by atoms with Crippen molar-refractivity contribution >= 4 is 15.9 Å². The summed E-state index contributed by atoms with van der Waals surface area (Å²) in [6.45, 7) is 2.86. The maximum atomic E-state index is 13.4. The van der Waals surface area contributed by atoms with Crippen LogP contribution in [-0.4, -0.2) is 51.5 Å². The van der Waals surface area contributed by atoms with Gasteiger partial charge < -0.3 is 10.1 Å². The third-order valence-corrected chi connectivity index (χ3v) is 8.96. The van der Waals surface area contributed by atoms with Gasteiger partial charge in [-0.25, -0.2) is 12.8 Å². The SMILES string of the molecule is O=C(CCc1ccc(S(=O)(=O)N2CCCCC2)cc1)NCC1(c2ccc(F)cc2)CCOCC1. The molecule has 1 N–H and O–H groups in total. The third-order valence-electron chi connectivity index (χ3n) is 7.05. The molecule has 2 aromatic carbocycles. The Labute approximate surface area is 201 Å². The Hall–Kier alpha value is -2.29. The van der Waals surface area contributed by atoms with E-state index in [9.17, 15) is 17.6 Å². The van der Waals surface area contributed by atoms with E-state index in [0.717, 1.165) is 43.2 Å². The van der Waals surface area contributed by atoms with Crippen molar-refractivity contribution in [2.45, 2.75) is 55.3 Å². The molecule has 2 aromatic rings. The van der Waals surface area contributed by atoms with Gasteiger partial charge in [-0.2, -0.15) is 4.31 Å². The Bertz CT molecular complexity index is 1060. The molecule has 2 fully saturated rings. The second-order valence-corrected chi connectivity index (χ2v) is 11.2. The Balaban J connectivity index is 1.32. The molecule has 0 aromatic heterocycles. The molecule has 0 bridgehead atoms. The van der Waals surface area contributed by atoms with E-state index in [4.69, 9.17) is 4.74 Å². The first kappa shape index (κ1) is 24.8. The number of halogens is 1. The zero-order chi connectivity index (χ0) is 24.0. The van der Waals surface area contributed by atoms with Gasteiger partial charge in [0.25, 0.3) is 0 Å². The molecule has 0 atom stereocenters. The van der Waals surface area contributed by atoms with E-state index < -0.39 is 10.0 Å². The first-order valence-corrected chi connectivity index (χ1v) is 13.5. The van der Waals surface area contributed by atoms with Crippen LogP contribution in [0, 0.1) is 5.82 Å². The van der Waals surface area contributed by atoms with Crippen LogP contribution in [0.25, 0.3) is 0 Å². The van der Waals surface area contributed by atoms with Gasteiger partial charge in [0.1, 0.15) is 5.82 Å². The van der Waals surface area contributed by atoms with Crippen LogP contribution in [0.3, 0.4) is 0 Å². The lowest BCUT2D eigenvalue weighted by Gasteiger charge is -2.38. The smallest absolute Gasteiger partial charge is 0.243 e. The Morgan fingerprint density at radius 3 is 2.26 bits per heavy atom. The lowest BCUT2D eigenvalue weighted by atomic mass is 9.74. The van der Waals surface area contributed by atoms with Gasteiger partial charge in [0.05, 0.1) is 4.90 Å². The minimum absolute atomic E-state index is 0.0574. The molecule has 0 unspecified atom stereocenters. The molecule has 1 amide bonds. The van der Waals surface area contributed by atoms with Gasteiger partial charge in [-0.05, 0) is 67.5 Å². The summed E-state index contributed by atoms with van der Waals surface area (Å²) in [5.74, 6) is -0.331. The van der Waals surface area contributed by atoms with Gasteiger partial charge in [0.15, 0.2) is 0 Å². The number of benzene rings is 2. The average Bonchev–Trinajstić information content (AvgIpc) is 2.88. The number of ether oxygens (including phenoxy) is 1. The van der Waals surface area contributed by atoms with Crippen molar-refractivity contribution in [1.29, 1.82) is 0 Å². The lowest BCUT2D eigenvalue weighted by Crippen LogP contribution is -2.44. The highest BCUT2D eigenvalue weighted by molar-refractivity contribution is 7.89. The highest BCUT2D eigenvalue weighted by Crippen LogP contribution is 2.34. The van der Waals surface area contributed by atoms with Crippen molar-refractivity contribution in [2.24, 2.45) is 0 Å². The van der Waals surface area contributed by atoms with Crippen LogP contribution in [0.5, 0.6) is 0 Å². The number of nitrogens with one attached hydrogen (secondary N) is 1. The van der Waals surface area contributed by atoms with E-state index in [1.54, 1.807) is 40.7 Å². The van der Waals surface area contributed by atoms with E-state index in [1.165, 1.54) is 12.1 Å². The minimum atomic E-state index is -3.45. The molecular formula is C26H33FN2O4S. The summed E-state index contributed by atoms with van der Waals surface area (Å²) in [7, 11) is -3.45. The molecule has 184 valence electrons. The number of aryl methyl sites for hydroxylation is 1. The fourth-order valence-corrected chi connectivity index (χ4v) is 6.35. The summed E-state index contributed by atoms with van der Waals surface area (Å²) >= 11 is 0. The van der Waals surface area contributed by atoms with Crippen molar-refractivity contribution in [2.75, 3.05) is 32.8 Å². The summed E-state index contributed by atoms with van der Waals surface area (Å²) in [5.41, 5.74) is 1.68. The largest absolute Gasteiger partial charge is 0.381 e. The summed E-state index contributed by atoms with van der Waals surface area (Å²) in [6, 6.07) is 13.4. The number of hydrogen-bond donors (Lipinski definition) is 1. The van der Waals surface area contributed by atoms with Crippen LogP contribution in [0.2, 0.25) is 0 Å². The van der Waals surface area contributed by atoms with Crippen molar-refractivity contribution in [3.05, 3.63) is 65.5 Å². The number of sulfonamides is 1. The molecule has 2 aliphatic heterocycles. The van der Waals surface area contributed by atoms with Gasteiger partial charge in [-0.1, -0.05) is 30.7 Å². The summed E-state index contributed by atoms with van der Waals surface area (Å²) in [6.07, 6.45) is 5.27. The topological polar surface area (TPSA) is 75.7 Å². The molecule has 0 radical (unpaired) electrons. The Morgan fingerprint density at radius 2 is 1.62 bits per heavy atom. The van der Waals surface area contributed by atoms with E-state index in [0.29, 0.717) is 50.6 Å². The van der Waals surface area contributed by atoms with Gasteiger partial charge in [-0.3, -0.25) is 4.79 Å². The van der Waals surface area contributed by atoms with Crippen LogP contribution in [0.4, 0.5) is 4.39 Å². The molecule has 0 spiro atoms. The summed E-state index contributed by atoms with van der Waals surface area (Å²) < 4.78 is 46.1. The normalized spacial score (nSPS) is 19.0. The van der Waals surface area contributed by atoms with Crippen molar-refractivity contribution < 1.29 is 22.3 Å². The monoisotopic (exact) mass is 488 g/mol. The highest BCUT2D eigenvalue weighted by atomic mass is 32.2. The van der Waals surface area contributed by atoms with E-state index in [-0.39, 0.29) is 17.1 Å². The van der Waals surface area contributed by atoms with E-state index in [2.05, 4.69) is 5.32 Å². The molecule has 2 heterocycles. The van der Waals surface area contributed by atoms with Gasteiger partial charge in [0.2, 0.25) is 15.9 Å². The molecule has 6 nitrogen and oxygen atoms in total. The number of carbonyl (C=O) groups excluding carboxylic acids is 1. The molecule has 0 aliphatic carbocycles. The average molecular weight is 489 g/mol. The number of piperidine rings is 1. The predicted octanol–water partition coefficient (Wildman–Crippen LogP) is 3.80. The molecule has 8 heteroatoms. The second kappa shape index (κ2) is 11.0. The highest BCUT2D eigenvalue weighted by Gasteiger charge is 2.35. The summed E-state index contributed by atoms with van der Waals surface area (Å²) in [5, 5.41) is 3.06. The van der Waals surface area contributed by atoms with Crippen molar-refractivity contribution in [1.82, 2.24) is 9.62 Å². The molecule has 4 rings (SSSR count). The number of rotatable bonds is 8. The predicted molar refractivity (Wildman–Crippen MR) is 129 cm³/mol. The fourth-order valence-electron chi connectivity index (χ4n) is 4.83. The zero-order valence-corrected chi connectivity index (χ0v) is 20.3. The van der Waals surface area contributed by atoms with E-state index in [1.807, 2.05) is 0 Å². The first-order valence-electron chi connectivity index (χ1n) is 12.1. The van der Waals surface area contributed by atoms with Gasteiger partial charge in [0, 0.05) is 44.7 Å². The van der Waals surface area contributed by atoms with Crippen LogP contribution >= 0.6 is 0 Å². The lowest BCUT2D eigenvalue weighted by molar-refractivity contribution is -0.121. The molecular weight excluding hydrogens is 455 g/mol. The number of nitrogens with zero attached hydrogens (tertiary/aromatic N) is 1. The van der Waals surface area contributed by atoms with E-state index >= 15 is 0 Å². The third kappa shape index (κ3) is 5.85.